The molecule has 1 amide bonds. The zero-order chi connectivity index (χ0) is 28.6. The minimum Gasteiger partial charge on any atom is -0.395 e. The van der Waals surface area contributed by atoms with Gasteiger partial charge in [-0.1, -0.05) is 47.5 Å². The zero-order valence-electron chi connectivity index (χ0n) is 21.6. The van der Waals surface area contributed by atoms with Crippen molar-refractivity contribution < 1.29 is 9.90 Å². The summed E-state index contributed by atoms with van der Waals surface area (Å²) in [6.45, 7) is 1.81. The molecular weight excluding hydrogens is 553 g/mol. The normalized spacial score (nSPS) is 12.0. The van der Waals surface area contributed by atoms with E-state index < -0.39 is 17.3 Å². The Bertz CT molecular complexity index is 1840. The van der Waals surface area contributed by atoms with Gasteiger partial charge in [-0.2, -0.15) is 0 Å². The molecule has 2 aromatic heterocycles. The van der Waals surface area contributed by atoms with Crippen LogP contribution in [0.2, 0.25) is 10.0 Å². The van der Waals surface area contributed by atoms with Crippen LogP contribution in [-0.4, -0.2) is 42.9 Å². The summed E-state index contributed by atoms with van der Waals surface area (Å²) in [6.07, 6.45) is 0. The Kier molecular flexibility index (Phi) is 7.62. The van der Waals surface area contributed by atoms with Crippen LogP contribution in [0.4, 0.5) is 0 Å². The van der Waals surface area contributed by atoms with Crippen LogP contribution in [0.5, 0.6) is 0 Å². The van der Waals surface area contributed by atoms with Crippen LogP contribution in [-0.2, 0) is 7.05 Å². The second-order valence-corrected chi connectivity index (χ2v) is 10.0. The van der Waals surface area contributed by atoms with Gasteiger partial charge in [0.1, 0.15) is 5.82 Å². The molecule has 0 spiro atoms. The first-order valence-electron chi connectivity index (χ1n) is 12.5. The largest absolute Gasteiger partial charge is 0.395 e. The molecule has 3 aromatic carbocycles. The van der Waals surface area contributed by atoms with Crippen LogP contribution in [0, 0.1) is 0 Å². The number of benzene rings is 3. The first kappa shape index (κ1) is 27.4. The van der Waals surface area contributed by atoms with Gasteiger partial charge in [-0.05, 0) is 61.0 Å². The van der Waals surface area contributed by atoms with E-state index >= 15 is 0 Å². The van der Waals surface area contributed by atoms with Gasteiger partial charge in [0.15, 0.2) is 11.2 Å². The Labute approximate surface area is 238 Å². The minimum absolute atomic E-state index is 0.145. The Morgan fingerprint density at radius 1 is 1.00 bits per heavy atom. The quantitative estimate of drug-likeness (QED) is 0.301. The third-order valence-corrected chi connectivity index (χ3v) is 7.31. The highest BCUT2D eigenvalue weighted by atomic mass is 35.5. The summed E-state index contributed by atoms with van der Waals surface area (Å²) >= 11 is 12.7. The summed E-state index contributed by atoms with van der Waals surface area (Å²) in [5.41, 5.74) is 1.68. The van der Waals surface area contributed by atoms with Crippen LogP contribution in [0.3, 0.4) is 0 Å². The smallest absolute Gasteiger partial charge is 0.333 e. The molecule has 0 radical (unpaired) electrons. The van der Waals surface area contributed by atoms with Crippen molar-refractivity contribution >= 4 is 40.3 Å². The number of nitrogens with one attached hydrogen (secondary N) is 1. The van der Waals surface area contributed by atoms with Gasteiger partial charge < -0.3 is 10.4 Å². The number of halogens is 2. The Balaban J connectivity index is 1.76. The van der Waals surface area contributed by atoms with Gasteiger partial charge >= 0.3 is 5.69 Å². The fraction of sp³-hybridized carbons (Fsp3) is 0.172. The number of rotatable bonds is 7. The van der Waals surface area contributed by atoms with Crippen molar-refractivity contribution in [2.45, 2.75) is 13.0 Å². The second kappa shape index (κ2) is 11.1. The number of nitrogens with zero attached hydrogens (tertiary/aromatic N) is 4. The van der Waals surface area contributed by atoms with E-state index in [4.69, 9.17) is 33.3 Å². The number of hydrogen-bond donors (Lipinski definition) is 2. The van der Waals surface area contributed by atoms with E-state index in [1.807, 2.05) is 13.0 Å². The molecule has 2 heterocycles. The maximum absolute atomic E-state index is 13.6. The Morgan fingerprint density at radius 2 is 1.68 bits per heavy atom. The van der Waals surface area contributed by atoms with Crippen molar-refractivity contribution in [1.82, 2.24) is 24.0 Å². The van der Waals surface area contributed by atoms with Crippen molar-refractivity contribution in [3.63, 3.8) is 0 Å². The number of hydrogen-bond acceptors (Lipinski definition) is 5. The van der Waals surface area contributed by atoms with E-state index in [2.05, 4.69) is 5.32 Å². The summed E-state index contributed by atoms with van der Waals surface area (Å²) in [7, 11) is 1.43. The molecule has 0 saturated heterocycles. The number of fused-ring (bicyclic) bond motifs is 1. The predicted molar refractivity (Wildman–Crippen MR) is 156 cm³/mol. The number of aliphatic hydroxyl groups is 1. The molecule has 0 aliphatic heterocycles. The van der Waals surface area contributed by atoms with Crippen LogP contribution in [0.25, 0.3) is 28.2 Å². The maximum Gasteiger partial charge on any atom is 0.333 e. The van der Waals surface area contributed by atoms with Crippen LogP contribution in [0.15, 0.2) is 82.4 Å². The standard InChI is InChI=1S/C29H25Cl2N5O4/c1-17(18-7-9-19(10-8-18)27(38)32-15-16-37)35-26-24(28(39)34(2)29(35)40)36(21-13-11-20(30)12-14-21)25(33-26)22-5-3-4-6-23(22)31/h3-14,17,37H,15-16H2,1-2H3,(H,32,38)/t17-/m1/s1. The van der Waals surface area contributed by atoms with Gasteiger partial charge in [-0.3, -0.25) is 23.3 Å². The summed E-state index contributed by atoms with van der Waals surface area (Å²) in [6, 6.07) is 20.3. The molecule has 9 nitrogen and oxygen atoms in total. The van der Waals surface area contributed by atoms with Gasteiger partial charge in [0.2, 0.25) is 0 Å². The average Bonchev–Trinajstić information content (AvgIpc) is 3.35. The van der Waals surface area contributed by atoms with E-state index in [-0.39, 0.29) is 30.2 Å². The van der Waals surface area contributed by atoms with Gasteiger partial charge in [-0.25, -0.2) is 9.78 Å². The highest BCUT2D eigenvalue weighted by molar-refractivity contribution is 6.33. The number of imidazole rings is 1. The summed E-state index contributed by atoms with van der Waals surface area (Å²) < 4.78 is 4.21. The molecule has 5 rings (SSSR count). The Hall–Kier alpha value is -4.18. The molecular formula is C29H25Cl2N5O4. The van der Waals surface area contributed by atoms with Crippen LogP contribution >= 0.6 is 23.2 Å². The van der Waals surface area contributed by atoms with Crippen LogP contribution < -0.4 is 16.6 Å². The molecule has 5 aromatic rings. The summed E-state index contributed by atoms with van der Waals surface area (Å²) in [4.78, 5) is 44.3. The highest BCUT2D eigenvalue weighted by Crippen LogP contribution is 2.33. The first-order valence-corrected chi connectivity index (χ1v) is 13.2. The lowest BCUT2D eigenvalue weighted by atomic mass is 10.1. The summed E-state index contributed by atoms with van der Waals surface area (Å²) in [5.74, 6) is 0.0727. The van der Waals surface area contributed by atoms with E-state index in [9.17, 15) is 14.4 Å². The number of carbonyl (C=O) groups excluding carboxylic acids is 1. The third kappa shape index (κ3) is 4.83. The van der Waals surface area contributed by atoms with E-state index in [1.54, 1.807) is 71.3 Å². The highest BCUT2D eigenvalue weighted by Gasteiger charge is 2.26. The van der Waals surface area contributed by atoms with Gasteiger partial charge in [0.05, 0.1) is 17.7 Å². The van der Waals surface area contributed by atoms with Crippen molar-refractivity contribution in [3.05, 3.63) is 115 Å². The second-order valence-electron chi connectivity index (χ2n) is 9.19. The monoisotopic (exact) mass is 577 g/mol. The fourth-order valence-corrected chi connectivity index (χ4v) is 4.96. The molecule has 11 heteroatoms. The minimum atomic E-state index is -0.552. The fourth-order valence-electron chi connectivity index (χ4n) is 4.61. The number of carbonyl (C=O) groups is 1. The van der Waals surface area contributed by atoms with Crippen molar-refractivity contribution in [2.24, 2.45) is 7.05 Å². The molecule has 204 valence electrons. The van der Waals surface area contributed by atoms with Crippen molar-refractivity contribution in [3.8, 4) is 17.1 Å². The first-order chi connectivity index (χ1) is 19.2. The molecule has 40 heavy (non-hydrogen) atoms. The lowest BCUT2D eigenvalue weighted by Gasteiger charge is -2.18. The molecule has 0 saturated carbocycles. The maximum atomic E-state index is 13.6. The SMILES string of the molecule is C[C@H](c1ccc(C(=O)NCCO)cc1)n1c(=O)n(C)c(=O)c2c1nc(-c1ccccc1Cl)n2-c1ccc(Cl)cc1. The topological polar surface area (TPSA) is 111 Å². The number of aliphatic hydroxyl groups excluding tert-OH is 1. The van der Waals surface area contributed by atoms with Gasteiger partial charge in [0, 0.05) is 35.4 Å². The Morgan fingerprint density at radius 3 is 2.33 bits per heavy atom. The molecule has 0 unspecified atom stereocenters. The lowest BCUT2D eigenvalue weighted by molar-refractivity contribution is 0.0944. The summed E-state index contributed by atoms with van der Waals surface area (Å²) in [5, 5.41) is 12.5. The molecule has 0 bridgehead atoms. The van der Waals surface area contributed by atoms with Crippen molar-refractivity contribution in [2.75, 3.05) is 13.2 Å². The number of amides is 1. The lowest BCUT2D eigenvalue weighted by Crippen LogP contribution is -2.40. The van der Waals surface area contributed by atoms with Crippen LogP contribution in [0.1, 0.15) is 28.9 Å². The van der Waals surface area contributed by atoms with Gasteiger partial charge in [0.25, 0.3) is 11.5 Å². The van der Waals surface area contributed by atoms with E-state index in [1.165, 1.54) is 11.6 Å². The predicted octanol–water partition coefficient (Wildman–Crippen LogP) is 4.19. The average molecular weight is 578 g/mol. The molecule has 1 atom stereocenters. The van der Waals surface area contributed by atoms with Gasteiger partial charge in [-0.15, -0.1) is 0 Å². The van der Waals surface area contributed by atoms with E-state index in [0.29, 0.717) is 32.7 Å². The van der Waals surface area contributed by atoms with Crippen molar-refractivity contribution in [1.29, 1.82) is 0 Å². The molecule has 0 fully saturated rings. The number of aromatic nitrogens is 4. The van der Waals surface area contributed by atoms with E-state index in [0.717, 1.165) is 10.1 Å². The third-order valence-electron chi connectivity index (χ3n) is 6.73. The molecule has 0 aliphatic rings. The molecule has 2 N–H and O–H groups in total. The zero-order valence-corrected chi connectivity index (χ0v) is 23.1. The molecule has 0 aliphatic carbocycles.